The predicted molar refractivity (Wildman–Crippen MR) is 82.2 cm³/mol. The lowest BCUT2D eigenvalue weighted by Crippen LogP contribution is -2.28. The number of amides is 2. The average Bonchev–Trinajstić information content (AvgIpc) is 2.52. The van der Waals surface area contributed by atoms with Crippen molar-refractivity contribution in [1.82, 2.24) is 15.3 Å². The van der Waals surface area contributed by atoms with Gasteiger partial charge in [-0.05, 0) is 30.7 Å². The first kappa shape index (κ1) is 15.6. The van der Waals surface area contributed by atoms with Crippen LogP contribution in [0.1, 0.15) is 11.4 Å². The molecule has 22 heavy (non-hydrogen) atoms. The van der Waals surface area contributed by atoms with Gasteiger partial charge >= 0.3 is 6.03 Å². The molecule has 2 rings (SSSR count). The molecule has 7 heteroatoms. The maximum Gasteiger partial charge on any atom is 0.320 e. The number of carbonyl (C=O) groups excluding carboxylic acids is 1. The molecule has 0 atom stereocenters. The van der Waals surface area contributed by atoms with Crippen LogP contribution >= 0.6 is 0 Å². The van der Waals surface area contributed by atoms with E-state index in [1.165, 1.54) is 0 Å². The van der Waals surface area contributed by atoms with Crippen molar-refractivity contribution in [2.24, 2.45) is 0 Å². The predicted octanol–water partition coefficient (Wildman–Crippen LogP) is 2.12. The molecule has 1 aromatic heterocycles. The number of anilines is 1. The Morgan fingerprint density at radius 3 is 2.64 bits per heavy atom. The van der Waals surface area contributed by atoms with Crippen LogP contribution in [0.2, 0.25) is 0 Å². The van der Waals surface area contributed by atoms with Gasteiger partial charge < -0.3 is 14.8 Å². The fourth-order valence-corrected chi connectivity index (χ4v) is 1.86. The minimum atomic E-state index is -0.340. The third-order valence-corrected chi connectivity index (χ3v) is 2.92. The van der Waals surface area contributed by atoms with E-state index in [-0.39, 0.29) is 6.03 Å². The maximum atomic E-state index is 11.8. The van der Waals surface area contributed by atoms with Gasteiger partial charge in [0.2, 0.25) is 0 Å². The molecule has 0 aliphatic carbocycles. The largest absolute Gasteiger partial charge is 0.493 e. The Labute approximate surface area is 128 Å². The van der Waals surface area contributed by atoms with Crippen molar-refractivity contribution in [3.63, 3.8) is 0 Å². The molecule has 0 bridgehead atoms. The van der Waals surface area contributed by atoms with E-state index in [9.17, 15) is 4.79 Å². The van der Waals surface area contributed by atoms with Gasteiger partial charge in [0.15, 0.2) is 11.5 Å². The van der Waals surface area contributed by atoms with Crippen LogP contribution in [0.4, 0.5) is 10.6 Å². The minimum Gasteiger partial charge on any atom is -0.493 e. The Balaban J connectivity index is 1.93. The molecule has 2 N–H and O–H groups in total. The molecule has 1 heterocycles. The molecule has 2 aromatic rings. The number of benzene rings is 1. The summed E-state index contributed by atoms with van der Waals surface area (Å²) >= 11 is 0. The molecule has 116 valence electrons. The highest BCUT2D eigenvalue weighted by atomic mass is 16.5. The van der Waals surface area contributed by atoms with E-state index < -0.39 is 0 Å². The summed E-state index contributed by atoms with van der Waals surface area (Å²) in [5.41, 5.74) is 0.895. The summed E-state index contributed by atoms with van der Waals surface area (Å²) in [7, 11) is 3.14. The van der Waals surface area contributed by atoms with E-state index >= 15 is 0 Å². The second kappa shape index (κ2) is 7.26. The van der Waals surface area contributed by atoms with Gasteiger partial charge in [-0.3, -0.25) is 5.32 Å². The highest BCUT2D eigenvalue weighted by Gasteiger charge is 2.07. The normalized spacial score (nSPS) is 9.95. The lowest BCUT2D eigenvalue weighted by atomic mass is 10.2. The number of aryl methyl sites for hydroxylation is 1. The standard InChI is InChI=1S/C15H18N4O3/c1-10-16-7-6-14(18-10)19-15(20)17-9-11-4-5-12(21-2)13(8-11)22-3/h4-8H,9H2,1-3H3,(H2,16,17,18,19,20). The first-order valence-electron chi connectivity index (χ1n) is 6.68. The Morgan fingerprint density at radius 1 is 1.18 bits per heavy atom. The number of nitrogens with one attached hydrogen (secondary N) is 2. The van der Waals surface area contributed by atoms with Crippen molar-refractivity contribution in [2.75, 3.05) is 19.5 Å². The zero-order valence-electron chi connectivity index (χ0n) is 12.7. The second-order valence-electron chi connectivity index (χ2n) is 4.49. The van der Waals surface area contributed by atoms with Gasteiger partial charge in [0.1, 0.15) is 11.6 Å². The van der Waals surface area contributed by atoms with Crippen LogP contribution in [0, 0.1) is 6.92 Å². The molecule has 2 amide bonds. The lowest BCUT2D eigenvalue weighted by Gasteiger charge is -2.11. The number of urea groups is 1. The Morgan fingerprint density at radius 2 is 1.95 bits per heavy atom. The number of rotatable bonds is 5. The molecule has 0 unspecified atom stereocenters. The molecule has 0 saturated carbocycles. The number of methoxy groups -OCH3 is 2. The van der Waals surface area contributed by atoms with Crippen LogP contribution in [0.3, 0.4) is 0 Å². The summed E-state index contributed by atoms with van der Waals surface area (Å²) in [4.78, 5) is 19.9. The molecule has 0 saturated heterocycles. The molecular formula is C15H18N4O3. The third-order valence-electron chi connectivity index (χ3n) is 2.92. The van der Waals surface area contributed by atoms with Crippen LogP contribution in [0.25, 0.3) is 0 Å². The van der Waals surface area contributed by atoms with Crippen LogP contribution in [-0.2, 0) is 6.54 Å². The zero-order chi connectivity index (χ0) is 15.9. The number of aromatic nitrogens is 2. The van der Waals surface area contributed by atoms with E-state index in [1.54, 1.807) is 39.5 Å². The van der Waals surface area contributed by atoms with E-state index in [0.717, 1.165) is 5.56 Å². The number of nitrogens with zero attached hydrogens (tertiary/aromatic N) is 2. The summed E-state index contributed by atoms with van der Waals surface area (Å²) in [6.45, 7) is 2.11. The topological polar surface area (TPSA) is 85.4 Å². The van der Waals surface area contributed by atoms with Crippen LogP contribution in [0.5, 0.6) is 11.5 Å². The number of carbonyl (C=O) groups is 1. The van der Waals surface area contributed by atoms with Crippen LogP contribution in [-0.4, -0.2) is 30.2 Å². The van der Waals surface area contributed by atoms with Gasteiger partial charge in [0.25, 0.3) is 0 Å². The van der Waals surface area contributed by atoms with Gasteiger partial charge in [-0.15, -0.1) is 0 Å². The third kappa shape index (κ3) is 4.08. The van der Waals surface area contributed by atoms with Crippen LogP contribution in [0.15, 0.2) is 30.5 Å². The Bertz CT molecular complexity index is 661. The van der Waals surface area contributed by atoms with E-state index in [0.29, 0.717) is 29.7 Å². The van der Waals surface area contributed by atoms with Crippen molar-refractivity contribution < 1.29 is 14.3 Å². The molecule has 0 aliphatic heterocycles. The van der Waals surface area contributed by atoms with E-state index in [4.69, 9.17) is 9.47 Å². The summed E-state index contributed by atoms with van der Waals surface area (Å²) < 4.78 is 10.4. The second-order valence-corrected chi connectivity index (χ2v) is 4.49. The maximum absolute atomic E-state index is 11.8. The molecule has 0 aliphatic rings. The molecule has 0 spiro atoms. The van der Waals surface area contributed by atoms with Crippen LogP contribution < -0.4 is 20.1 Å². The highest BCUT2D eigenvalue weighted by molar-refractivity contribution is 5.88. The smallest absolute Gasteiger partial charge is 0.320 e. The highest BCUT2D eigenvalue weighted by Crippen LogP contribution is 2.27. The first-order chi connectivity index (χ1) is 10.6. The summed E-state index contributed by atoms with van der Waals surface area (Å²) in [6, 6.07) is 6.75. The van der Waals surface area contributed by atoms with Crippen molar-refractivity contribution >= 4 is 11.8 Å². The fraction of sp³-hybridized carbons (Fsp3) is 0.267. The Kier molecular flexibility index (Phi) is 5.13. The van der Waals surface area contributed by atoms with Gasteiger partial charge in [0, 0.05) is 12.7 Å². The first-order valence-corrected chi connectivity index (χ1v) is 6.68. The van der Waals surface area contributed by atoms with Gasteiger partial charge in [-0.2, -0.15) is 0 Å². The monoisotopic (exact) mass is 302 g/mol. The molecule has 7 nitrogen and oxygen atoms in total. The average molecular weight is 302 g/mol. The van der Waals surface area contributed by atoms with Crippen molar-refractivity contribution in [2.45, 2.75) is 13.5 Å². The Hall–Kier alpha value is -2.83. The summed E-state index contributed by atoms with van der Waals surface area (Å²) in [5.74, 6) is 2.32. The van der Waals surface area contributed by atoms with Crippen molar-refractivity contribution in [3.8, 4) is 11.5 Å². The molecule has 0 radical (unpaired) electrons. The number of ether oxygens (including phenoxy) is 2. The van der Waals surface area contributed by atoms with E-state index in [2.05, 4.69) is 20.6 Å². The summed E-state index contributed by atoms with van der Waals surface area (Å²) in [5, 5.41) is 5.40. The fourth-order valence-electron chi connectivity index (χ4n) is 1.86. The SMILES string of the molecule is COc1ccc(CNC(=O)Nc2ccnc(C)n2)cc1OC. The minimum absolute atomic E-state index is 0.340. The molecule has 0 fully saturated rings. The van der Waals surface area contributed by atoms with Crippen molar-refractivity contribution in [3.05, 3.63) is 41.9 Å². The van der Waals surface area contributed by atoms with Crippen molar-refractivity contribution in [1.29, 1.82) is 0 Å². The number of hydrogen-bond donors (Lipinski definition) is 2. The summed E-state index contributed by atoms with van der Waals surface area (Å²) in [6.07, 6.45) is 1.59. The quantitative estimate of drug-likeness (QED) is 0.883. The van der Waals surface area contributed by atoms with Gasteiger partial charge in [-0.25, -0.2) is 14.8 Å². The lowest BCUT2D eigenvalue weighted by molar-refractivity contribution is 0.251. The zero-order valence-corrected chi connectivity index (χ0v) is 12.7. The molecule has 1 aromatic carbocycles. The van der Waals surface area contributed by atoms with Gasteiger partial charge in [0.05, 0.1) is 14.2 Å². The van der Waals surface area contributed by atoms with Gasteiger partial charge in [-0.1, -0.05) is 6.07 Å². The molecular weight excluding hydrogens is 284 g/mol. The van der Waals surface area contributed by atoms with E-state index in [1.807, 2.05) is 12.1 Å². The number of hydrogen-bond acceptors (Lipinski definition) is 5.